The smallest absolute Gasteiger partial charge is 0.226 e. The number of benzene rings is 1. The molecule has 0 aliphatic carbocycles. The van der Waals surface area contributed by atoms with Crippen LogP contribution in [0.2, 0.25) is 0 Å². The van der Waals surface area contributed by atoms with Crippen molar-refractivity contribution in [3.8, 4) is 10.6 Å². The first-order valence-electron chi connectivity index (χ1n) is 8.62. The lowest BCUT2D eigenvalue weighted by atomic mass is 9.99. The number of carbonyl (C=O) groups is 1. The Hall–Kier alpha value is -1.86. The number of hydrogen-bond donors (Lipinski definition) is 2. The first-order valence-corrected chi connectivity index (χ1v) is 9.50. The minimum Gasteiger partial charge on any atom is -0.472 e. The van der Waals surface area contributed by atoms with Gasteiger partial charge in [0.05, 0.1) is 18.4 Å². The lowest BCUT2D eigenvalue weighted by molar-refractivity contribution is -0.120. The summed E-state index contributed by atoms with van der Waals surface area (Å²) in [5.74, 6) is 0.410. The number of carbonyl (C=O) groups excluding carboxylic acids is 1. The molecule has 3 rings (SSSR count). The van der Waals surface area contributed by atoms with Crippen LogP contribution in [0.15, 0.2) is 52.7 Å². The molecular formula is C20H25Cl2N3O2S. The Bertz CT molecular complexity index is 849. The van der Waals surface area contributed by atoms with Crippen molar-refractivity contribution in [1.29, 1.82) is 0 Å². The fourth-order valence-corrected chi connectivity index (χ4v) is 3.41. The lowest BCUT2D eigenvalue weighted by Gasteiger charge is -2.14. The summed E-state index contributed by atoms with van der Waals surface area (Å²) in [6, 6.07) is 9.87. The average Bonchev–Trinajstić information content (AvgIpc) is 3.31. The molecule has 3 aromatic rings. The van der Waals surface area contributed by atoms with Crippen LogP contribution < -0.4 is 11.1 Å². The molecule has 0 aliphatic heterocycles. The van der Waals surface area contributed by atoms with E-state index in [9.17, 15) is 4.79 Å². The summed E-state index contributed by atoms with van der Waals surface area (Å²) >= 11 is 1.50. The average molecular weight is 442 g/mol. The van der Waals surface area contributed by atoms with E-state index in [4.69, 9.17) is 10.2 Å². The Morgan fingerprint density at radius 3 is 2.46 bits per heavy atom. The van der Waals surface area contributed by atoms with Gasteiger partial charge in [-0.1, -0.05) is 38.1 Å². The highest BCUT2D eigenvalue weighted by Gasteiger charge is 2.12. The Labute approximate surface area is 181 Å². The zero-order valence-electron chi connectivity index (χ0n) is 15.8. The van der Waals surface area contributed by atoms with Gasteiger partial charge < -0.3 is 15.5 Å². The second-order valence-electron chi connectivity index (χ2n) is 6.56. The molecule has 2 heterocycles. The standard InChI is InChI=1S/C20H23N3O2S.2ClH/c1-13(2)14-3-5-15(6-4-14)18(21)10-22-19(24)9-17-12-26-20(23-17)16-7-8-25-11-16;;/h3-8,11-13,18H,9-10,21H2,1-2H3,(H,22,24);2*1H. The van der Waals surface area contributed by atoms with E-state index in [0.29, 0.717) is 12.5 Å². The van der Waals surface area contributed by atoms with E-state index in [1.165, 1.54) is 16.9 Å². The summed E-state index contributed by atoms with van der Waals surface area (Å²) in [7, 11) is 0. The van der Waals surface area contributed by atoms with Gasteiger partial charge in [0.2, 0.25) is 5.91 Å². The van der Waals surface area contributed by atoms with Crippen LogP contribution in [0.1, 0.15) is 42.6 Å². The van der Waals surface area contributed by atoms with Gasteiger partial charge >= 0.3 is 0 Å². The van der Waals surface area contributed by atoms with Crippen LogP contribution in [0.25, 0.3) is 10.6 Å². The maximum atomic E-state index is 12.2. The van der Waals surface area contributed by atoms with Crippen molar-refractivity contribution in [2.75, 3.05) is 6.54 Å². The number of rotatable bonds is 7. The van der Waals surface area contributed by atoms with Gasteiger partial charge in [0.25, 0.3) is 0 Å². The minimum absolute atomic E-state index is 0. The molecule has 0 bridgehead atoms. The maximum Gasteiger partial charge on any atom is 0.226 e. The molecule has 1 unspecified atom stereocenters. The molecule has 3 N–H and O–H groups in total. The monoisotopic (exact) mass is 441 g/mol. The lowest BCUT2D eigenvalue weighted by Crippen LogP contribution is -2.32. The molecule has 0 aliphatic rings. The van der Waals surface area contributed by atoms with E-state index < -0.39 is 0 Å². The Balaban J connectivity index is 0.00000196. The number of thiazole rings is 1. The largest absolute Gasteiger partial charge is 0.472 e. The van der Waals surface area contributed by atoms with Crippen LogP contribution in [0, 0.1) is 0 Å². The van der Waals surface area contributed by atoms with E-state index in [-0.39, 0.29) is 43.2 Å². The predicted octanol–water partition coefficient (Wildman–Crippen LogP) is 4.73. The van der Waals surface area contributed by atoms with Gasteiger partial charge in [-0.15, -0.1) is 36.2 Å². The van der Waals surface area contributed by atoms with Gasteiger partial charge in [0, 0.05) is 23.5 Å². The third-order valence-corrected chi connectivity index (χ3v) is 5.15. The van der Waals surface area contributed by atoms with Crippen molar-refractivity contribution in [1.82, 2.24) is 10.3 Å². The van der Waals surface area contributed by atoms with Gasteiger partial charge in [0.15, 0.2) is 0 Å². The van der Waals surface area contributed by atoms with Crippen LogP contribution in [0.5, 0.6) is 0 Å². The number of nitrogens with one attached hydrogen (secondary N) is 1. The van der Waals surface area contributed by atoms with Gasteiger partial charge in [-0.2, -0.15) is 0 Å². The molecule has 8 heteroatoms. The number of furan rings is 1. The zero-order chi connectivity index (χ0) is 18.5. The third-order valence-electron chi connectivity index (χ3n) is 4.21. The normalized spacial score (nSPS) is 11.4. The second-order valence-corrected chi connectivity index (χ2v) is 7.42. The van der Waals surface area contributed by atoms with E-state index in [2.05, 4.69) is 36.3 Å². The molecule has 0 spiro atoms. The molecule has 1 amide bonds. The summed E-state index contributed by atoms with van der Waals surface area (Å²) in [5, 5.41) is 5.64. The molecule has 28 heavy (non-hydrogen) atoms. The van der Waals surface area contributed by atoms with Crippen LogP contribution in [0.3, 0.4) is 0 Å². The summed E-state index contributed by atoms with van der Waals surface area (Å²) in [6.45, 7) is 4.72. The number of amides is 1. The Kier molecular flexibility index (Phi) is 9.69. The van der Waals surface area contributed by atoms with E-state index in [0.717, 1.165) is 21.8 Å². The fraction of sp³-hybridized carbons (Fsp3) is 0.300. The number of hydrogen-bond acceptors (Lipinski definition) is 5. The van der Waals surface area contributed by atoms with Gasteiger partial charge in [0.1, 0.15) is 11.3 Å². The minimum atomic E-state index is -0.225. The van der Waals surface area contributed by atoms with Crippen molar-refractivity contribution < 1.29 is 9.21 Å². The van der Waals surface area contributed by atoms with Crippen LogP contribution in [0.4, 0.5) is 0 Å². The van der Waals surface area contributed by atoms with Crippen LogP contribution in [-0.2, 0) is 11.2 Å². The number of halogens is 2. The highest BCUT2D eigenvalue weighted by molar-refractivity contribution is 7.13. The van der Waals surface area contributed by atoms with Gasteiger partial charge in [-0.3, -0.25) is 4.79 Å². The van der Waals surface area contributed by atoms with Gasteiger partial charge in [-0.05, 0) is 23.1 Å². The summed E-state index contributed by atoms with van der Waals surface area (Å²) < 4.78 is 5.06. The van der Waals surface area contributed by atoms with Crippen LogP contribution >= 0.6 is 36.2 Å². The quantitative estimate of drug-likeness (QED) is 0.555. The molecule has 0 saturated carbocycles. The van der Waals surface area contributed by atoms with E-state index >= 15 is 0 Å². The van der Waals surface area contributed by atoms with E-state index in [1.807, 2.05) is 23.6 Å². The van der Waals surface area contributed by atoms with Crippen molar-refractivity contribution >= 4 is 42.1 Å². The fourth-order valence-electron chi connectivity index (χ4n) is 2.60. The predicted molar refractivity (Wildman–Crippen MR) is 118 cm³/mol. The molecule has 2 aromatic heterocycles. The molecular weight excluding hydrogens is 417 g/mol. The number of aromatic nitrogens is 1. The van der Waals surface area contributed by atoms with Crippen molar-refractivity contribution in [2.24, 2.45) is 5.73 Å². The molecule has 1 atom stereocenters. The molecule has 0 saturated heterocycles. The second kappa shape index (κ2) is 11.2. The summed E-state index contributed by atoms with van der Waals surface area (Å²) in [6.07, 6.45) is 3.50. The zero-order valence-corrected chi connectivity index (χ0v) is 18.2. The Morgan fingerprint density at radius 2 is 1.86 bits per heavy atom. The molecule has 152 valence electrons. The third kappa shape index (κ3) is 6.34. The number of nitrogens with zero attached hydrogens (tertiary/aromatic N) is 1. The summed E-state index contributed by atoms with van der Waals surface area (Å²) in [4.78, 5) is 16.6. The van der Waals surface area contributed by atoms with E-state index in [1.54, 1.807) is 12.5 Å². The highest BCUT2D eigenvalue weighted by Crippen LogP contribution is 2.24. The molecule has 1 aromatic carbocycles. The maximum absolute atomic E-state index is 12.2. The first kappa shape index (κ1) is 24.2. The molecule has 0 radical (unpaired) electrons. The molecule has 0 fully saturated rings. The van der Waals surface area contributed by atoms with Crippen LogP contribution in [-0.4, -0.2) is 17.4 Å². The van der Waals surface area contributed by atoms with Gasteiger partial charge in [-0.25, -0.2) is 4.98 Å². The van der Waals surface area contributed by atoms with Crippen molar-refractivity contribution in [3.63, 3.8) is 0 Å². The highest BCUT2D eigenvalue weighted by atomic mass is 35.5. The van der Waals surface area contributed by atoms with Crippen molar-refractivity contribution in [2.45, 2.75) is 32.2 Å². The first-order chi connectivity index (χ1) is 12.5. The number of nitrogens with two attached hydrogens (primary N) is 1. The molecule has 5 nitrogen and oxygen atoms in total. The topological polar surface area (TPSA) is 81.1 Å². The Morgan fingerprint density at radius 1 is 1.18 bits per heavy atom. The van der Waals surface area contributed by atoms with Crippen molar-refractivity contribution in [3.05, 3.63) is 65.1 Å². The SMILES string of the molecule is CC(C)c1ccc(C(N)CNC(=O)Cc2csc(-c3ccoc3)n2)cc1.Cl.Cl. The summed E-state index contributed by atoms with van der Waals surface area (Å²) in [5.41, 5.74) is 10.2.